The van der Waals surface area contributed by atoms with Crippen LogP contribution in [0, 0.1) is 0 Å². The van der Waals surface area contributed by atoms with Crippen LogP contribution in [0.2, 0.25) is 45.3 Å². The number of hydrogen-bond donors (Lipinski definition) is 0. The maximum absolute atomic E-state index is 2.49. The van der Waals surface area contributed by atoms with E-state index in [0.717, 1.165) is 0 Å². The highest BCUT2D eigenvalue weighted by molar-refractivity contribution is 6.81. The summed E-state index contributed by atoms with van der Waals surface area (Å²) in [7, 11) is -1.97. The second-order valence-electron chi connectivity index (χ2n) is 6.98. The average molecular weight is 241 g/mol. The zero-order valence-electron chi connectivity index (χ0n) is 11.9. The van der Waals surface area contributed by atoms with E-state index in [2.05, 4.69) is 64.9 Å². The van der Waals surface area contributed by atoms with Crippen LogP contribution in [0.1, 0.15) is 13.8 Å². The molecule has 0 amide bonds. The second-order valence-corrected chi connectivity index (χ2v) is 17.5. The SMILES string of the molecule is CC(=C\[Si](C)(C)C)/C=C(\C)C[Si](C)(C)C. The van der Waals surface area contributed by atoms with Crippen LogP contribution in [-0.2, 0) is 0 Å². The Bertz CT molecular complexity index is 259. The standard InChI is InChI=1S/C13H28Si2/c1-12(10-14(3,4)5)9-13(2)11-15(6,7)8/h9-10H,11H2,1-8H3/b12-10+,13-9+. The molecule has 0 spiro atoms. The van der Waals surface area contributed by atoms with Gasteiger partial charge in [0.15, 0.2) is 0 Å². The summed E-state index contributed by atoms with van der Waals surface area (Å²) in [6.07, 6.45) is 2.39. The van der Waals surface area contributed by atoms with Crippen LogP contribution in [-0.4, -0.2) is 16.1 Å². The van der Waals surface area contributed by atoms with Crippen LogP contribution < -0.4 is 0 Å². The third-order valence-corrected chi connectivity index (χ3v) is 4.88. The Morgan fingerprint density at radius 2 is 1.40 bits per heavy atom. The van der Waals surface area contributed by atoms with E-state index in [-0.39, 0.29) is 0 Å². The quantitative estimate of drug-likeness (QED) is 0.474. The topological polar surface area (TPSA) is 0 Å². The van der Waals surface area contributed by atoms with Crippen molar-refractivity contribution in [3.05, 3.63) is 22.9 Å². The predicted molar refractivity (Wildman–Crippen MR) is 79.0 cm³/mol. The Kier molecular flexibility index (Phi) is 5.27. The molecule has 0 rings (SSSR count). The molecular formula is C13H28Si2. The predicted octanol–water partition coefficient (Wildman–Crippen LogP) is 5.09. The van der Waals surface area contributed by atoms with Crippen molar-refractivity contribution in [3.8, 4) is 0 Å². The molecule has 0 aliphatic heterocycles. The van der Waals surface area contributed by atoms with Crippen molar-refractivity contribution in [2.75, 3.05) is 0 Å². The zero-order valence-corrected chi connectivity index (χ0v) is 13.9. The lowest BCUT2D eigenvalue weighted by atomic mass is 10.2. The smallest absolute Gasteiger partial charge is 0.0690 e. The van der Waals surface area contributed by atoms with Gasteiger partial charge in [0, 0.05) is 8.07 Å². The molecule has 15 heavy (non-hydrogen) atoms. The number of allylic oxidation sites excluding steroid dienone is 3. The first-order valence-electron chi connectivity index (χ1n) is 5.86. The van der Waals surface area contributed by atoms with Crippen molar-refractivity contribution >= 4 is 16.1 Å². The summed E-state index contributed by atoms with van der Waals surface area (Å²) in [5.74, 6) is 0. The molecule has 0 aliphatic rings. The van der Waals surface area contributed by atoms with E-state index in [1.807, 2.05) is 0 Å². The van der Waals surface area contributed by atoms with Gasteiger partial charge in [0.25, 0.3) is 0 Å². The van der Waals surface area contributed by atoms with Crippen LogP contribution in [0.15, 0.2) is 22.9 Å². The van der Waals surface area contributed by atoms with Gasteiger partial charge in [0.1, 0.15) is 0 Å². The summed E-state index contributed by atoms with van der Waals surface area (Å²) in [5, 5.41) is 0. The third kappa shape index (κ3) is 10.2. The Balaban J connectivity index is 4.57. The summed E-state index contributed by atoms with van der Waals surface area (Å²) in [6.45, 7) is 19.0. The zero-order chi connectivity index (χ0) is 12.3. The molecule has 0 heterocycles. The highest BCUT2D eigenvalue weighted by atomic mass is 28.3. The summed E-state index contributed by atoms with van der Waals surface area (Å²) in [6, 6.07) is 1.32. The Morgan fingerprint density at radius 3 is 1.73 bits per heavy atom. The van der Waals surface area contributed by atoms with Gasteiger partial charge in [-0.05, 0) is 19.9 Å². The minimum atomic E-state index is -1.04. The molecule has 2 heteroatoms. The van der Waals surface area contributed by atoms with Gasteiger partial charge in [-0.3, -0.25) is 0 Å². The minimum absolute atomic E-state index is 0.930. The monoisotopic (exact) mass is 240 g/mol. The van der Waals surface area contributed by atoms with Crippen molar-refractivity contribution in [3.63, 3.8) is 0 Å². The fraction of sp³-hybridized carbons (Fsp3) is 0.692. The van der Waals surface area contributed by atoms with E-state index in [4.69, 9.17) is 0 Å². The summed E-state index contributed by atoms with van der Waals surface area (Å²) < 4.78 is 0. The average Bonchev–Trinajstić information content (AvgIpc) is 1.73. The lowest BCUT2D eigenvalue weighted by Crippen LogP contribution is -2.19. The molecule has 0 N–H and O–H groups in total. The van der Waals surface area contributed by atoms with Crippen LogP contribution in [0.25, 0.3) is 0 Å². The van der Waals surface area contributed by atoms with Crippen molar-refractivity contribution in [2.24, 2.45) is 0 Å². The molecule has 0 aromatic carbocycles. The molecule has 0 atom stereocenters. The van der Waals surface area contributed by atoms with Gasteiger partial charge < -0.3 is 0 Å². The molecule has 0 radical (unpaired) electrons. The summed E-state index contributed by atoms with van der Waals surface area (Å²) in [5.41, 5.74) is 5.51. The molecule has 0 fully saturated rings. The second kappa shape index (κ2) is 5.31. The van der Waals surface area contributed by atoms with Crippen molar-refractivity contribution in [1.82, 2.24) is 0 Å². The molecule has 0 aliphatic carbocycles. The minimum Gasteiger partial charge on any atom is -0.0921 e. The fourth-order valence-corrected chi connectivity index (χ4v) is 5.23. The highest BCUT2D eigenvalue weighted by Gasteiger charge is 2.13. The first kappa shape index (κ1) is 14.9. The lowest BCUT2D eigenvalue weighted by molar-refractivity contribution is 1.29. The molecule has 0 bridgehead atoms. The Hall–Kier alpha value is -0.0862. The van der Waals surface area contributed by atoms with E-state index in [1.54, 1.807) is 5.57 Å². The van der Waals surface area contributed by atoms with E-state index in [9.17, 15) is 0 Å². The van der Waals surface area contributed by atoms with Crippen molar-refractivity contribution in [1.29, 1.82) is 0 Å². The molecule has 0 unspecified atom stereocenters. The first-order valence-corrected chi connectivity index (χ1v) is 13.1. The van der Waals surface area contributed by atoms with Gasteiger partial charge in [0.05, 0.1) is 8.07 Å². The van der Waals surface area contributed by atoms with Gasteiger partial charge in [-0.2, -0.15) is 0 Å². The number of rotatable bonds is 4. The number of hydrogen-bond acceptors (Lipinski definition) is 0. The van der Waals surface area contributed by atoms with Gasteiger partial charge >= 0.3 is 0 Å². The molecule has 0 saturated carbocycles. The molecule has 0 aromatic heterocycles. The van der Waals surface area contributed by atoms with Crippen molar-refractivity contribution in [2.45, 2.75) is 59.2 Å². The van der Waals surface area contributed by atoms with Crippen molar-refractivity contribution < 1.29 is 0 Å². The molecular weight excluding hydrogens is 212 g/mol. The van der Waals surface area contributed by atoms with Gasteiger partial charge in [-0.15, -0.1) is 0 Å². The maximum atomic E-state index is 2.49. The lowest BCUT2D eigenvalue weighted by Gasteiger charge is -2.16. The Labute approximate surface area is 98.5 Å². The maximum Gasteiger partial charge on any atom is 0.0690 e. The normalized spacial score (nSPS) is 15.7. The Morgan fingerprint density at radius 1 is 0.933 bits per heavy atom. The van der Waals surface area contributed by atoms with Gasteiger partial charge in [-0.25, -0.2) is 0 Å². The third-order valence-electron chi connectivity index (χ3n) is 1.94. The van der Waals surface area contributed by atoms with E-state index in [1.165, 1.54) is 11.6 Å². The molecule has 0 saturated heterocycles. The van der Waals surface area contributed by atoms with Crippen LogP contribution in [0.3, 0.4) is 0 Å². The first-order chi connectivity index (χ1) is 6.49. The fourth-order valence-electron chi connectivity index (χ4n) is 2.00. The largest absolute Gasteiger partial charge is 0.0921 e. The molecule has 0 nitrogen and oxygen atoms in total. The van der Waals surface area contributed by atoms with E-state index >= 15 is 0 Å². The van der Waals surface area contributed by atoms with Crippen LogP contribution in [0.4, 0.5) is 0 Å². The molecule has 0 aromatic rings. The highest BCUT2D eigenvalue weighted by Crippen LogP contribution is 2.18. The summed E-state index contributed by atoms with van der Waals surface area (Å²) in [4.78, 5) is 0. The van der Waals surface area contributed by atoms with Gasteiger partial charge in [0.2, 0.25) is 0 Å². The molecule has 88 valence electrons. The van der Waals surface area contributed by atoms with Crippen LogP contribution in [0.5, 0.6) is 0 Å². The summed E-state index contributed by atoms with van der Waals surface area (Å²) >= 11 is 0. The van der Waals surface area contributed by atoms with Gasteiger partial charge in [-0.1, -0.05) is 62.2 Å². The van der Waals surface area contributed by atoms with E-state index in [0.29, 0.717) is 0 Å². The van der Waals surface area contributed by atoms with Crippen LogP contribution >= 0.6 is 0 Å². The van der Waals surface area contributed by atoms with E-state index < -0.39 is 16.1 Å².